The fourth-order valence-corrected chi connectivity index (χ4v) is 4.41. The molecule has 1 unspecified atom stereocenters. The number of carboxylic acid groups (broad SMARTS) is 2. The second kappa shape index (κ2) is 25.6. The third-order valence-corrected chi connectivity index (χ3v) is 6.74. The van der Waals surface area contributed by atoms with E-state index >= 15 is 0 Å². The molecule has 0 aromatic rings. The van der Waals surface area contributed by atoms with Crippen molar-refractivity contribution in [3.63, 3.8) is 0 Å². The van der Waals surface area contributed by atoms with Crippen LogP contribution < -0.4 is 0 Å². The number of aliphatic hydroxyl groups excluding tert-OH is 1. The maximum absolute atomic E-state index is 9.86. The first-order chi connectivity index (χ1) is 14.0. The molecule has 1 atom stereocenters. The van der Waals surface area contributed by atoms with Crippen molar-refractivity contribution in [2.75, 3.05) is 18.1 Å². The van der Waals surface area contributed by atoms with Gasteiger partial charge in [0.05, 0.1) is 0 Å². The quantitative estimate of drug-likeness (QED) is 0.141. The van der Waals surface area contributed by atoms with Gasteiger partial charge in [-0.05, 0) is 18.8 Å². The highest BCUT2D eigenvalue weighted by Crippen LogP contribution is 2.20. The largest absolute Gasteiger partial charge is 0.481 e. The van der Waals surface area contributed by atoms with Gasteiger partial charge in [0, 0.05) is 6.61 Å². The molecule has 0 aliphatic carbocycles. The van der Waals surface area contributed by atoms with E-state index in [9.17, 15) is 14.7 Å². The van der Waals surface area contributed by atoms with Crippen molar-refractivity contribution < 1.29 is 24.9 Å². The number of unbranched alkanes of at least 4 members (excludes halogenated alkanes) is 10. The Bertz CT molecular complexity index is 351. The topological polar surface area (TPSA) is 94.8 Å². The van der Waals surface area contributed by atoms with E-state index < -0.39 is 11.9 Å². The van der Waals surface area contributed by atoms with Crippen molar-refractivity contribution in [2.45, 2.75) is 104 Å². The van der Waals surface area contributed by atoms with Gasteiger partial charge in [0.1, 0.15) is 11.5 Å². The average Bonchev–Trinajstić information content (AvgIpc) is 2.69. The van der Waals surface area contributed by atoms with Crippen LogP contribution >= 0.6 is 21.6 Å². The van der Waals surface area contributed by atoms with Gasteiger partial charge in [-0.2, -0.15) is 0 Å². The minimum absolute atomic E-state index is 0.0576. The van der Waals surface area contributed by atoms with E-state index in [4.69, 9.17) is 10.2 Å². The minimum Gasteiger partial charge on any atom is -0.481 e. The van der Waals surface area contributed by atoms with Crippen molar-refractivity contribution in [3.8, 4) is 0 Å². The van der Waals surface area contributed by atoms with Gasteiger partial charge < -0.3 is 15.3 Å². The third kappa shape index (κ3) is 29.9. The molecule has 174 valence electrons. The SMILES string of the molecule is CCCCCCCCCC(CO)CCCCCCC.O=C(O)CSSCC(=O)O. The molecule has 0 aromatic heterocycles. The molecule has 7 heteroatoms. The summed E-state index contributed by atoms with van der Waals surface area (Å²) in [7, 11) is 2.05. The number of carboxylic acids is 2. The van der Waals surface area contributed by atoms with Crippen molar-refractivity contribution in [1.82, 2.24) is 0 Å². The molecule has 0 saturated carbocycles. The summed E-state index contributed by atoms with van der Waals surface area (Å²) in [6.45, 7) is 4.94. The summed E-state index contributed by atoms with van der Waals surface area (Å²) in [5.41, 5.74) is 0. The molecule has 0 bridgehead atoms. The highest BCUT2D eigenvalue weighted by molar-refractivity contribution is 8.77. The minimum atomic E-state index is -0.928. The predicted molar refractivity (Wildman–Crippen MR) is 127 cm³/mol. The van der Waals surface area contributed by atoms with Gasteiger partial charge in [-0.15, -0.1) is 0 Å². The van der Waals surface area contributed by atoms with E-state index in [0.29, 0.717) is 12.5 Å². The Morgan fingerprint density at radius 3 is 1.31 bits per heavy atom. The summed E-state index contributed by atoms with van der Waals surface area (Å²) in [6, 6.07) is 0. The van der Waals surface area contributed by atoms with Gasteiger partial charge in [0.2, 0.25) is 0 Å². The van der Waals surface area contributed by atoms with Gasteiger partial charge in [-0.3, -0.25) is 9.59 Å². The van der Waals surface area contributed by atoms with Crippen LogP contribution in [0, 0.1) is 5.92 Å². The van der Waals surface area contributed by atoms with Crippen LogP contribution in [0.5, 0.6) is 0 Å². The van der Waals surface area contributed by atoms with E-state index in [0.717, 1.165) is 21.6 Å². The second-order valence-corrected chi connectivity index (χ2v) is 9.94. The normalized spacial score (nSPS) is 11.6. The number of rotatable bonds is 20. The Morgan fingerprint density at radius 1 is 0.655 bits per heavy atom. The monoisotopic (exact) mass is 452 g/mol. The lowest BCUT2D eigenvalue weighted by Gasteiger charge is -2.13. The lowest BCUT2D eigenvalue weighted by molar-refractivity contribution is -0.135. The summed E-state index contributed by atoms with van der Waals surface area (Å²) in [5, 5.41) is 25.6. The lowest BCUT2D eigenvalue weighted by atomic mass is 9.95. The first-order valence-corrected chi connectivity index (χ1v) is 13.7. The molecule has 0 aromatic carbocycles. The Kier molecular flexibility index (Phi) is 27.2. The van der Waals surface area contributed by atoms with E-state index in [2.05, 4.69) is 13.8 Å². The van der Waals surface area contributed by atoms with Crippen molar-refractivity contribution >= 4 is 33.5 Å². The van der Waals surface area contributed by atoms with Crippen LogP contribution in [0.4, 0.5) is 0 Å². The summed E-state index contributed by atoms with van der Waals surface area (Å²) < 4.78 is 0. The molecule has 0 heterocycles. The van der Waals surface area contributed by atoms with Gasteiger partial charge in [-0.1, -0.05) is 112 Å². The van der Waals surface area contributed by atoms with Crippen LogP contribution in [0.25, 0.3) is 0 Å². The van der Waals surface area contributed by atoms with Crippen LogP contribution in [0.15, 0.2) is 0 Å². The zero-order chi connectivity index (χ0) is 22.2. The van der Waals surface area contributed by atoms with E-state index in [1.807, 2.05) is 0 Å². The third-order valence-electron chi connectivity index (χ3n) is 4.64. The number of carbonyl (C=O) groups is 2. The smallest absolute Gasteiger partial charge is 0.314 e. The second-order valence-electron chi connectivity index (χ2n) is 7.47. The fourth-order valence-electron chi connectivity index (χ4n) is 2.94. The first-order valence-electron chi connectivity index (χ1n) is 11.3. The Labute approximate surface area is 186 Å². The van der Waals surface area contributed by atoms with Gasteiger partial charge in [0.15, 0.2) is 0 Å². The summed E-state index contributed by atoms with van der Waals surface area (Å²) in [6.07, 6.45) is 18.9. The maximum atomic E-state index is 9.86. The van der Waals surface area contributed by atoms with Gasteiger partial charge in [0.25, 0.3) is 0 Å². The summed E-state index contributed by atoms with van der Waals surface area (Å²) >= 11 is 0. The fraction of sp³-hybridized carbons (Fsp3) is 0.909. The molecule has 0 saturated heterocycles. The molecule has 0 fully saturated rings. The van der Waals surface area contributed by atoms with Crippen LogP contribution in [-0.4, -0.2) is 45.4 Å². The van der Waals surface area contributed by atoms with Gasteiger partial charge in [-0.25, -0.2) is 0 Å². The maximum Gasteiger partial charge on any atom is 0.314 e. The van der Waals surface area contributed by atoms with Crippen molar-refractivity contribution in [1.29, 1.82) is 0 Å². The average molecular weight is 453 g/mol. The van der Waals surface area contributed by atoms with Crippen LogP contribution in [0.2, 0.25) is 0 Å². The molecule has 0 spiro atoms. The van der Waals surface area contributed by atoms with E-state index in [1.54, 1.807) is 0 Å². The molecule has 5 nitrogen and oxygen atoms in total. The molecule has 0 rings (SSSR count). The lowest BCUT2D eigenvalue weighted by Crippen LogP contribution is -2.06. The number of aliphatic hydroxyl groups is 1. The standard InChI is InChI=1S/C18H38O.C4H6O4S2/c1-3-5-7-9-10-12-14-16-18(17-19)15-13-11-8-6-4-2;5-3(6)1-9-10-2-4(7)8/h18-19H,3-17H2,1-2H3;1-2H2,(H,5,6)(H,7,8). The zero-order valence-electron chi connectivity index (χ0n) is 18.6. The zero-order valence-corrected chi connectivity index (χ0v) is 20.2. The molecule has 0 amide bonds. The van der Waals surface area contributed by atoms with Crippen LogP contribution in [0.1, 0.15) is 104 Å². The predicted octanol–water partition coefficient (Wildman–Crippen LogP) is 6.63. The van der Waals surface area contributed by atoms with Crippen molar-refractivity contribution in [3.05, 3.63) is 0 Å². The molecular weight excluding hydrogens is 408 g/mol. The van der Waals surface area contributed by atoms with Gasteiger partial charge >= 0.3 is 11.9 Å². The first kappa shape index (κ1) is 30.8. The Balaban J connectivity index is 0. The Hall–Kier alpha value is -0.400. The van der Waals surface area contributed by atoms with Crippen LogP contribution in [-0.2, 0) is 9.59 Å². The number of hydrogen-bond donors (Lipinski definition) is 3. The number of aliphatic carboxylic acids is 2. The molecular formula is C22H44O5S2. The molecule has 0 aliphatic rings. The van der Waals surface area contributed by atoms with Crippen molar-refractivity contribution in [2.24, 2.45) is 5.92 Å². The molecule has 0 aliphatic heterocycles. The number of hydrogen-bond acceptors (Lipinski definition) is 5. The summed E-state index contributed by atoms with van der Waals surface area (Å²) in [4.78, 5) is 19.7. The van der Waals surface area contributed by atoms with E-state index in [1.165, 1.54) is 89.9 Å². The Morgan fingerprint density at radius 2 is 1.00 bits per heavy atom. The molecule has 0 radical (unpaired) electrons. The highest BCUT2D eigenvalue weighted by atomic mass is 33.1. The molecule has 3 N–H and O–H groups in total. The highest BCUT2D eigenvalue weighted by Gasteiger charge is 2.06. The summed E-state index contributed by atoms with van der Waals surface area (Å²) in [5.74, 6) is -1.39. The van der Waals surface area contributed by atoms with E-state index in [-0.39, 0.29) is 11.5 Å². The van der Waals surface area contributed by atoms with Crippen LogP contribution in [0.3, 0.4) is 0 Å². The molecule has 29 heavy (non-hydrogen) atoms.